The molecule has 5 nitrogen and oxygen atoms in total. The molecule has 160 valence electrons. The predicted molar refractivity (Wildman–Crippen MR) is 119 cm³/mol. The highest BCUT2D eigenvalue weighted by atomic mass is 15.3. The van der Waals surface area contributed by atoms with Crippen LogP contribution in [0.25, 0.3) is 0 Å². The maximum Gasteiger partial charge on any atom is 0.0569 e. The van der Waals surface area contributed by atoms with E-state index in [2.05, 4.69) is 55.1 Å². The molecule has 1 aliphatic rings. The summed E-state index contributed by atoms with van der Waals surface area (Å²) in [6, 6.07) is 0.600. The van der Waals surface area contributed by atoms with E-state index in [1.807, 2.05) is 0 Å². The fourth-order valence-corrected chi connectivity index (χ4v) is 4.30. The molecule has 2 atom stereocenters. The van der Waals surface area contributed by atoms with E-state index in [4.69, 9.17) is 5.73 Å². The summed E-state index contributed by atoms with van der Waals surface area (Å²) in [6.45, 7) is 19.3. The van der Waals surface area contributed by atoms with Crippen molar-refractivity contribution in [3.63, 3.8) is 0 Å². The lowest BCUT2D eigenvalue weighted by atomic mass is 9.80. The highest BCUT2D eigenvalue weighted by Gasteiger charge is 2.25. The Morgan fingerprint density at radius 2 is 1.81 bits per heavy atom. The van der Waals surface area contributed by atoms with Crippen molar-refractivity contribution in [1.82, 2.24) is 20.9 Å². The fourth-order valence-electron chi connectivity index (χ4n) is 4.30. The van der Waals surface area contributed by atoms with E-state index in [9.17, 15) is 0 Å². The number of nitrogens with one attached hydrogen (secondary N) is 3. The molecule has 0 aliphatic heterocycles. The summed E-state index contributed by atoms with van der Waals surface area (Å²) in [7, 11) is 0. The van der Waals surface area contributed by atoms with Gasteiger partial charge in [0.05, 0.1) is 6.17 Å². The average Bonchev–Trinajstić information content (AvgIpc) is 2.66. The second kappa shape index (κ2) is 14.4. The van der Waals surface area contributed by atoms with Gasteiger partial charge in [0.15, 0.2) is 0 Å². The van der Waals surface area contributed by atoms with Gasteiger partial charge in [0.1, 0.15) is 0 Å². The summed E-state index contributed by atoms with van der Waals surface area (Å²) in [5.74, 6) is 1.47. The third-order valence-corrected chi connectivity index (χ3v) is 6.01. The summed E-state index contributed by atoms with van der Waals surface area (Å²) in [4.78, 5) is 2.62. The van der Waals surface area contributed by atoms with Crippen LogP contribution in [-0.2, 0) is 0 Å². The minimum absolute atomic E-state index is 0.465. The first-order valence-corrected chi connectivity index (χ1v) is 11.3. The number of hydrogen-bond donors (Lipinski definition) is 4. The second-order valence-corrected chi connectivity index (χ2v) is 8.33. The van der Waals surface area contributed by atoms with Crippen LogP contribution in [0.2, 0.25) is 0 Å². The quantitative estimate of drug-likeness (QED) is 0.259. The average molecular weight is 382 g/mol. The molecule has 1 aliphatic carbocycles. The molecule has 0 aromatic carbocycles. The van der Waals surface area contributed by atoms with Crippen molar-refractivity contribution in [2.75, 3.05) is 39.3 Å². The maximum absolute atomic E-state index is 5.49. The zero-order valence-electron chi connectivity index (χ0n) is 18.5. The van der Waals surface area contributed by atoms with Crippen molar-refractivity contribution in [1.29, 1.82) is 0 Å². The number of allylic oxidation sites excluding steroid dienone is 1. The van der Waals surface area contributed by atoms with Gasteiger partial charge in [0.2, 0.25) is 0 Å². The van der Waals surface area contributed by atoms with Crippen LogP contribution in [0.1, 0.15) is 66.2 Å². The zero-order valence-corrected chi connectivity index (χ0v) is 18.5. The predicted octanol–water partition coefficient (Wildman–Crippen LogP) is 2.89. The highest BCUT2D eigenvalue weighted by Crippen LogP contribution is 2.32. The van der Waals surface area contributed by atoms with Gasteiger partial charge in [0.25, 0.3) is 0 Å². The lowest BCUT2D eigenvalue weighted by Gasteiger charge is -2.37. The van der Waals surface area contributed by atoms with E-state index >= 15 is 0 Å². The highest BCUT2D eigenvalue weighted by molar-refractivity contribution is 5.00. The Balaban J connectivity index is 2.28. The number of rotatable bonds is 15. The van der Waals surface area contributed by atoms with Crippen LogP contribution < -0.4 is 21.7 Å². The molecular formula is C22H47N5. The SMILES string of the molecule is C=C(NCCNCCN)C1CCC(CN(CC)C(C)NC(C)CCC)CC1. The number of nitrogens with zero attached hydrogens (tertiary/aromatic N) is 1. The van der Waals surface area contributed by atoms with E-state index in [1.54, 1.807) is 0 Å². The van der Waals surface area contributed by atoms with Crippen molar-refractivity contribution in [3.8, 4) is 0 Å². The summed E-state index contributed by atoms with van der Waals surface area (Å²) in [5.41, 5.74) is 6.73. The van der Waals surface area contributed by atoms with E-state index < -0.39 is 0 Å². The van der Waals surface area contributed by atoms with Gasteiger partial charge in [-0.05, 0) is 64.3 Å². The van der Waals surface area contributed by atoms with Gasteiger partial charge in [-0.15, -0.1) is 0 Å². The molecule has 1 fully saturated rings. The molecule has 5 N–H and O–H groups in total. The van der Waals surface area contributed by atoms with E-state index in [0.717, 1.165) is 32.1 Å². The van der Waals surface area contributed by atoms with Crippen LogP contribution in [0.15, 0.2) is 12.3 Å². The normalized spacial score (nSPS) is 22.6. The van der Waals surface area contributed by atoms with Gasteiger partial charge in [-0.25, -0.2) is 0 Å². The second-order valence-electron chi connectivity index (χ2n) is 8.33. The minimum Gasteiger partial charge on any atom is -0.387 e. The molecule has 0 bridgehead atoms. The number of hydrogen-bond acceptors (Lipinski definition) is 5. The Morgan fingerprint density at radius 1 is 1.11 bits per heavy atom. The fraction of sp³-hybridized carbons (Fsp3) is 0.909. The molecule has 0 spiro atoms. The molecule has 5 heteroatoms. The number of nitrogens with two attached hydrogens (primary N) is 1. The van der Waals surface area contributed by atoms with Crippen molar-refractivity contribution >= 4 is 0 Å². The Labute approximate surface area is 168 Å². The van der Waals surface area contributed by atoms with Crippen LogP contribution in [0.4, 0.5) is 0 Å². The molecule has 0 amide bonds. The third-order valence-electron chi connectivity index (χ3n) is 6.01. The Morgan fingerprint density at radius 3 is 2.41 bits per heavy atom. The van der Waals surface area contributed by atoms with E-state index in [1.165, 1.54) is 50.8 Å². The van der Waals surface area contributed by atoms with E-state index in [0.29, 0.717) is 24.7 Å². The summed E-state index contributed by atoms with van der Waals surface area (Å²) < 4.78 is 0. The van der Waals surface area contributed by atoms with Crippen molar-refractivity contribution in [2.45, 2.75) is 78.4 Å². The molecule has 0 saturated heterocycles. The zero-order chi connectivity index (χ0) is 20.1. The molecular weight excluding hydrogens is 334 g/mol. The van der Waals surface area contributed by atoms with Crippen molar-refractivity contribution in [2.24, 2.45) is 17.6 Å². The van der Waals surface area contributed by atoms with Crippen LogP contribution in [0.5, 0.6) is 0 Å². The van der Waals surface area contributed by atoms with E-state index in [-0.39, 0.29) is 0 Å². The Hall–Kier alpha value is -0.620. The topological polar surface area (TPSA) is 65.3 Å². The molecule has 0 heterocycles. The molecule has 0 radical (unpaired) electrons. The largest absolute Gasteiger partial charge is 0.387 e. The van der Waals surface area contributed by atoms with Gasteiger partial charge in [0, 0.05) is 44.5 Å². The summed E-state index contributed by atoms with van der Waals surface area (Å²) in [6.07, 6.45) is 8.17. The summed E-state index contributed by atoms with van der Waals surface area (Å²) in [5, 5.41) is 10.6. The molecule has 0 aromatic rings. The van der Waals surface area contributed by atoms with Gasteiger partial charge < -0.3 is 16.4 Å². The monoisotopic (exact) mass is 381 g/mol. The molecule has 0 aromatic heterocycles. The smallest absolute Gasteiger partial charge is 0.0569 e. The van der Waals surface area contributed by atoms with Gasteiger partial charge in [-0.1, -0.05) is 26.8 Å². The van der Waals surface area contributed by atoms with Crippen LogP contribution >= 0.6 is 0 Å². The van der Waals surface area contributed by atoms with Gasteiger partial charge >= 0.3 is 0 Å². The van der Waals surface area contributed by atoms with Gasteiger partial charge in [-0.3, -0.25) is 10.2 Å². The minimum atomic E-state index is 0.465. The molecule has 27 heavy (non-hydrogen) atoms. The first-order valence-electron chi connectivity index (χ1n) is 11.3. The van der Waals surface area contributed by atoms with Crippen LogP contribution in [0, 0.1) is 11.8 Å². The Kier molecular flexibility index (Phi) is 13.0. The van der Waals surface area contributed by atoms with Crippen molar-refractivity contribution < 1.29 is 0 Å². The van der Waals surface area contributed by atoms with Crippen molar-refractivity contribution in [3.05, 3.63) is 12.3 Å². The standard InChI is InChI=1S/C22H47N5/c1-6-8-18(3)26-20(5)27(7-2)17-21-9-11-22(12-10-21)19(4)25-16-15-24-14-13-23/h18,20-22,24-26H,4,6-17,23H2,1-3,5H3. The lowest BCUT2D eigenvalue weighted by molar-refractivity contribution is 0.127. The lowest BCUT2D eigenvalue weighted by Crippen LogP contribution is -2.49. The van der Waals surface area contributed by atoms with Gasteiger partial charge in [-0.2, -0.15) is 0 Å². The maximum atomic E-state index is 5.49. The first-order chi connectivity index (χ1) is 13.0. The third kappa shape index (κ3) is 9.93. The Bertz CT molecular complexity index is 379. The first kappa shape index (κ1) is 24.4. The molecule has 1 rings (SSSR count). The van der Waals surface area contributed by atoms with Crippen LogP contribution in [0.3, 0.4) is 0 Å². The molecule has 2 unspecified atom stereocenters. The summed E-state index contributed by atoms with van der Waals surface area (Å²) >= 11 is 0. The van der Waals surface area contributed by atoms with Crippen LogP contribution in [-0.4, -0.2) is 56.4 Å². The molecule has 1 saturated carbocycles.